The number of phenols is 1. The normalized spacial score (nSPS) is 17.8. The maximum absolute atomic E-state index is 12.5. The topological polar surface area (TPSA) is 80.7 Å². The summed E-state index contributed by atoms with van der Waals surface area (Å²) in [6, 6.07) is 5.49. The minimum absolute atomic E-state index is 0.0385. The molecule has 1 aliphatic heterocycles. The van der Waals surface area contributed by atoms with Gasteiger partial charge in [-0.3, -0.25) is 9.69 Å². The Bertz CT molecular complexity index is 674. The molecule has 0 unspecified atom stereocenters. The largest absolute Gasteiger partial charge is 0.548 e. The van der Waals surface area contributed by atoms with Gasteiger partial charge in [-0.05, 0) is 30.6 Å². The number of amides is 1. The van der Waals surface area contributed by atoms with Gasteiger partial charge in [-0.1, -0.05) is 42.2 Å². The lowest BCUT2D eigenvalue weighted by molar-refractivity contribution is -0.310. The lowest BCUT2D eigenvalue weighted by atomic mass is 10.1. The Kier molecular flexibility index (Phi) is 6.09. The Morgan fingerprint density at radius 1 is 1.52 bits per heavy atom. The van der Waals surface area contributed by atoms with Crippen LogP contribution < -0.4 is 5.11 Å². The quantitative estimate of drug-likeness (QED) is 0.601. The van der Waals surface area contributed by atoms with Gasteiger partial charge in [0.2, 0.25) is 0 Å². The fourth-order valence-corrected chi connectivity index (χ4v) is 3.89. The van der Waals surface area contributed by atoms with E-state index in [-0.39, 0.29) is 21.4 Å². The summed E-state index contributed by atoms with van der Waals surface area (Å²) in [7, 11) is 0. The Morgan fingerprint density at radius 2 is 2.22 bits per heavy atom. The molecule has 1 fully saturated rings. The molecule has 1 saturated heterocycles. The third-order valence-electron chi connectivity index (χ3n) is 3.23. The van der Waals surface area contributed by atoms with Crippen LogP contribution in [0.5, 0.6) is 5.75 Å². The van der Waals surface area contributed by atoms with Crippen LogP contribution in [0.3, 0.4) is 0 Å². The van der Waals surface area contributed by atoms with Crippen LogP contribution in [0.4, 0.5) is 0 Å². The predicted molar refractivity (Wildman–Crippen MR) is 94.9 cm³/mol. The van der Waals surface area contributed by atoms with Gasteiger partial charge < -0.3 is 15.0 Å². The molecular formula is C15H14NO4S3-. The first-order valence-electron chi connectivity index (χ1n) is 6.70. The third-order valence-corrected chi connectivity index (χ3v) is 5.20. The smallest absolute Gasteiger partial charge is 0.266 e. The van der Waals surface area contributed by atoms with Gasteiger partial charge in [0, 0.05) is 5.56 Å². The minimum Gasteiger partial charge on any atom is -0.548 e. The molecule has 0 saturated carbocycles. The number of thiocarbonyl (C=S) groups is 1. The van der Waals surface area contributed by atoms with Crippen molar-refractivity contribution in [2.24, 2.45) is 0 Å². The number of rotatable bonds is 6. The van der Waals surface area contributed by atoms with Crippen LogP contribution in [0.1, 0.15) is 12.0 Å². The van der Waals surface area contributed by atoms with E-state index < -0.39 is 17.9 Å². The van der Waals surface area contributed by atoms with Crippen LogP contribution in [0.25, 0.3) is 6.08 Å². The summed E-state index contributed by atoms with van der Waals surface area (Å²) >= 11 is 7.67. The highest BCUT2D eigenvalue weighted by Gasteiger charge is 2.37. The van der Waals surface area contributed by atoms with Gasteiger partial charge >= 0.3 is 0 Å². The highest BCUT2D eigenvalue weighted by atomic mass is 32.2. The first-order chi connectivity index (χ1) is 11.0. The van der Waals surface area contributed by atoms with E-state index in [2.05, 4.69) is 0 Å². The molecule has 0 aliphatic carbocycles. The van der Waals surface area contributed by atoms with Crippen molar-refractivity contribution in [3.8, 4) is 5.75 Å². The van der Waals surface area contributed by atoms with Gasteiger partial charge in [0.1, 0.15) is 10.1 Å². The van der Waals surface area contributed by atoms with Crippen molar-refractivity contribution in [3.63, 3.8) is 0 Å². The number of nitrogens with zero attached hydrogens (tertiary/aromatic N) is 1. The van der Waals surface area contributed by atoms with Gasteiger partial charge in [-0.2, -0.15) is 11.8 Å². The average Bonchev–Trinajstić information content (AvgIpc) is 2.77. The molecule has 23 heavy (non-hydrogen) atoms. The fraction of sp³-hybridized carbons (Fsp3) is 0.267. The summed E-state index contributed by atoms with van der Waals surface area (Å²) in [6.07, 6.45) is 3.63. The van der Waals surface area contributed by atoms with E-state index in [1.165, 1.54) is 23.9 Å². The molecule has 1 amide bonds. The van der Waals surface area contributed by atoms with Crippen LogP contribution >= 0.6 is 35.7 Å². The highest BCUT2D eigenvalue weighted by Crippen LogP contribution is 2.35. The number of para-hydroxylation sites is 1. The first kappa shape index (κ1) is 17.8. The number of carbonyl (C=O) groups is 2. The van der Waals surface area contributed by atoms with Crippen LogP contribution in [0, 0.1) is 0 Å². The fourth-order valence-electron chi connectivity index (χ4n) is 2.08. The van der Waals surface area contributed by atoms with E-state index in [1.807, 2.05) is 6.26 Å². The molecule has 1 N–H and O–H groups in total. The van der Waals surface area contributed by atoms with Crippen LogP contribution in [-0.2, 0) is 9.59 Å². The zero-order valence-corrected chi connectivity index (χ0v) is 14.7. The summed E-state index contributed by atoms with van der Waals surface area (Å²) in [5.41, 5.74) is 0.474. The van der Waals surface area contributed by atoms with Crippen molar-refractivity contribution in [1.82, 2.24) is 4.90 Å². The SMILES string of the molecule is CSCC[C@@H](C(=O)[O-])N1C(=O)/C(=C\c2ccccc2O)SC1=S. The monoisotopic (exact) mass is 368 g/mol. The number of thioether (sulfide) groups is 2. The van der Waals surface area contributed by atoms with Crippen molar-refractivity contribution < 1.29 is 19.8 Å². The maximum Gasteiger partial charge on any atom is 0.266 e. The van der Waals surface area contributed by atoms with E-state index in [1.54, 1.807) is 18.2 Å². The van der Waals surface area contributed by atoms with E-state index in [9.17, 15) is 19.8 Å². The zero-order chi connectivity index (χ0) is 17.0. The number of benzene rings is 1. The molecule has 122 valence electrons. The Labute approximate surface area is 147 Å². The molecular weight excluding hydrogens is 354 g/mol. The van der Waals surface area contributed by atoms with E-state index in [0.717, 1.165) is 16.7 Å². The van der Waals surface area contributed by atoms with Gasteiger partial charge in [0.25, 0.3) is 5.91 Å². The van der Waals surface area contributed by atoms with Gasteiger partial charge in [0.05, 0.1) is 16.9 Å². The number of phenolic OH excluding ortho intramolecular Hbond substituents is 1. The Morgan fingerprint density at radius 3 is 2.83 bits per heavy atom. The van der Waals surface area contributed by atoms with E-state index in [0.29, 0.717) is 11.3 Å². The second kappa shape index (κ2) is 7.85. The highest BCUT2D eigenvalue weighted by molar-refractivity contribution is 8.26. The maximum atomic E-state index is 12.5. The molecule has 1 atom stereocenters. The average molecular weight is 368 g/mol. The van der Waals surface area contributed by atoms with Crippen molar-refractivity contribution in [2.45, 2.75) is 12.5 Å². The molecule has 1 aliphatic rings. The third kappa shape index (κ3) is 4.07. The minimum atomic E-state index is -1.32. The van der Waals surface area contributed by atoms with Gasteiger partial charge in [-0.15, -0.1) is 0 Å². The van der Waals surface area contributed by atoms with Crippen LogP contribution in [0.15, 0.2) is 29.2 Å². The molecule has 5 nitrogen and oxygen atoms in total. The second-order valence-corrected chi connectivity index (χ2v) is 7.39. The molecule has 0 spiro atoms. The number of hydrogen-bond acceptors (Lipinski definition) is 7. The number of carboxylic acids is 1. The number of carbonyl (C=O) groups excluding carboxylic acids is 2. The van der Waals surface area contributed by atoms with Crippen LogP contribution in [-0.4, -0.2) is 44.3 Å². The summed E-state index contributed by atoms with van der Waals surface area (Å²) in [5, 5.41) is 21.1. The summed E-state index contributed by atoms with van der Waals surface area (Å²) in [4.78, 5) is 25.2. The van der Waals surface area contributed by atoms with Crippen molar-refractivity contribution in [2.75, 3.05) is 12.0 Å². The molecule has 0 radical (unpaired) electrons. The molecule has 1 heterocycles. The van der Waals surface area contributed by atoms with Gasteiger partial charge in [-0.25, -0.2) is 0 Å². The number of aromatic hydroxyl groups is 1. The number of hydrogen-bond donors (Lipinski definition) is 1. The molecule has 8 heteroatoms. The zero-order valence-electron chi connectivity index (χ0n) is 12.2. The lowest BCUT2D eigenvalue weighted by Gasteiger charge is -2.27. The van der Waals surface area contributed by atoms with E-state index >= 15 is 0 Å². The molecule has 1 aromatic rings. The second-order valence-electron chi connectivity index (χ2n) is 4.73. The molecule has 0 bridgehead atoms. The van der Waals surface area contributed by atoms with Crippen molar-refractivity contribution >= 4 is 58.0 Å². The summed E-state index contributed by atoms with van der Waals surface area (Å²) in [5.74, 6) is -1.18. The summed E-state index contributed by atoms with van der Waals surface area (Å²) in [6.45, 7) is 0. The molecule has 2 rings (SSSR count). The Balaban J connectivity index is 2.29. The van der Waals surface area contributed by atoms with Crippen molar-refractivity contribution in [1.29, 1.82) is 0 Å². The van der Waals surface area contributed by atoms with Gasteiger partial charge in [0.15, 0.2) is 0 Å². The number of carboxylic acid groups (broad SMARTS) is 1. The van der Waals surface area contributed by atoms with E-state index in [4.69, 9.17) is 12.2 Å². The Hall–Kier alpha value is -1.51. The predicted octanol–water partition coefficient (Wildman–Crippen LogP) is 1.46. The standard InChI is InChI=1S/C15H15NO4S3/c1-22-7-6-10(14(19)20)16-13(18)12(23-15(16)21)8-9-4-2-3-5-11(9)17/h2-5,8,10,17H,6-7H2,1H3,(H,19,20)/p-1/b12-8+/t10-/m0/s1. The summed E-state index contributed by atoms with van der Waals surface area (Å²) < 4.78 is 0.187. The first-order valence-corrected chi connectivity index (χ1v) is 9.32. The molecule has 0 aromatic heterocycles. The lowest BCUT2D eigenvalue weighted by Crippen LogP contribution is -2.50. The number of aliphatic carboxylic acids is 1. The van der Waals surface area contributed by atoms with Crippen molar-refractivity contribution in [3.05, 3.63) is 34.7 Å². The van der Waals surface area contributed by atoms with Crippen LogP contribution in [0.2, 0.25) is 0 Å². The molecule has 1 aromatic carbocycles.